The Bertz CT molecular complexity index is 202. The average molecular weight is 264 g/mol. The lowest BCUT2D eigenvalue weighted by Crippen LogP contribution is -2.49. The molecular formula is C11H24O5Si. The molecule has 0 amide bonds. The predicted molar refractivity (Wildman–Crippen MR) is 65.7 cm³/mol. The summed E-state index contributed by atoms with van der Waals surface area (Å²) in [5.41, 5.74) is 0. The summed E-state index contributed by atoms with van der Waals surface area (Å²) in [4.78, 5) is 0. The van der Waals surface area contributed by atoms with Crippen LogP contribution in [-0.2, 0) is 22.8 Å². The molecule has 0 saturated carbocycles. The van der Waals surface area contributed by atoms with E-state index in [1.807, 2.05) is 27.3 Å². The van der Waals surface area contributed by atoms with Gasteiger partial charge in [-0.3, -0.25) is 0 Å². The van der Waals surface area contributed by atoms with Crippen LogP contribution in [0, 0.1) is 0 Å². The van der Waals surface area contributed by atoms with Crippen molar-refractivity contribution in [1.29, 1.82) is 0 Å². The van der Waals surface area contributed by atoms with E-state index in [1.54, 1.807) is 0 Å². The molecule has 1 heterocycles. The maximum atomic E-state index is 5.90. The van der Waals surface area contributed by atoms with Gasteiger partial charge in [0.1, 0.15) is 0 Å². The molecule has 0 aromatic heterocycles. The van der Waals surface area contributed by atoms with E-state index in [-0.39, 0.29) is 12.4 Å². The highest BCUT2D eigenvalue weighted by Gasteiger charge is 2.38. The lowest BCUT2D eigenvalue weighted by Gasteiger charge is -2.33. The monoisotopic (exact) mass is 264 g/mol. The molecule has 1 aliphatic rings. The van der Waals surface area contributed by atoms with Gasteiger partial charge in [0.25, 0.3) is 0 Å². The Morgan fingerprint density at radius 2 is 1.71 bits per heavy atom. The fourth-order valence-electron chi connectivity index (χ4n) is 1.80. The van der Waals surface area contributed by atoms with E-state index in [4.69, 9.17) is 22.8 Å². The van der Waals surface area contributed by atoms with Crippen molar-refractivity contribution >= 4 is 8.80 Å². The molecule has 1 aliphatic heterocycles. The van der Waals surface area contributed by atoms with Gasteiger partial charge in [0.2, 0.25) is 0 Å². The topological polar surface area (TPSA) is 46.2 Å². The largest absolute Gasteiger partial charge is 0.498 e. The van der Waals surface area contributed by atoms with E-state index in [0.29, 0.717) is 13.2 Å². The van der Waals surface area contributed by atoms with Gasteiger partial charge in [-0.25, -0.2) is 0 Å². The first kappa shape index (κ1) is 15.1. The van der Waals surface area contributed by atoms with E-state index in [9.17, 15) is 0 Å². The Hall–Kier alpha value is 0.0169. The Morgan fingerprint density at radius 1 is 1.18 bits per heavy atom. The number of rotatable bonds is 7. The van der Waals surface area contributed by atoms with Crippen LogP contribution in [-0.4, -0.2) is 47.6 Å². The van der Waals surface area contributed by atoms with E-state index < -0.39 is 8.80 Å². The van der Waals surface area contributed by atoms with Crippen LogP contribution in [0.5, 0.6) is 0 Å². The van der Waals surface area contributed by atoms with Gasteiger partial charge in [-0.1, -0.05) is 0 Å². The fourth-order valence-corrected chi connectivity index (χ4v) is 3.86. The van der Waals surface area contributed by atoms with Crippen molar-refractivity contribution in [1.82, 2.24) is 0 Å². The Morgan fingerprint density at radius 3 is 2.18 bits per heavy atom. The van der Waals surface area contributed by atoms with E-state index in [0.717, 1.165) is 19.6 Å². The highest BCUT2D eigenvalue weighted by atomic mass is 28.4. The van der Waals surface area contributed by atoms with Gasteiger partial charge >= 0.3 is 8.80 Å². The van der Waals surface area contributed by atoms with Crippen LogP contribution in [0.3, 0.4) is 0 Å². The minimum Gasteiger partial charge on any atom is -0.374 e. The quantitative estimate of drug-likeness (QED) is 0.656. The molecule has 0 aromatic rings. The third kappa shape index (κ3) is 5.03. The van der Waals surface area contributed by atoms with Crippen molar-refractivity contribution in [3.63, 3.8) is 0 Å². The Labute approximate surface area is 105 Å². The molecule has 1 rings (SSSR count). The van der Waals surface area contributed by atoms with E-state index in [1.165, 1.54) is 0 Å². The van der Waals surface area contributed by atoms with Crippen molar-refractivity contribution in [3.8, 4) is 0 Å². The number of ether oxygens (including phenoxy) is 2. The zero-order valence-electron chi connectivity index (χ0n) is 11.2. The summed E-state index contributed by atoms with van der Waals surface area (Å²) in [5.74, 6) is 0. The molecule has 0 spiro atoms. The van der Waals surface area contributed by atoms with Crippen LogP contribution < -0.4 is 0 Å². The standard InChI is InChI=1S/C11H24O5Si/c1-5-14-17(4,15-6-2)16-10(3)11-12-8-7-9-13-11/h10-11H,5-9H2,1-4H3. The van der Waals surface area contributed by atoms with Crippen molar-refractivity contribution < 1.29 is 22.8 Å². The molecule has 0 radical (unpaired) electrons. The van der Waals surface area contributed by atoms with Crippen LogP contribution in [0.2, 0.25) is 6.55 Å². The normalized spacial score (nSPS) is 20.5. The van der Waals surface area contributed by atoms with Gasteiger partial charge in [-0.05, 0) is 27.2 Å². The molecule has 0 aromatic carbocycles. The predicted octanol–water partition coefficient (Wildman–Crippen LogP) is 1.80. The van der Waals surface area contributed by atoms with Gasteiger partial charge in [-0.15, -0.1) is 0 Å². The first-order chi connectivity index (χ1) is 8.11. The molecule has 1 unspecified atom stereocenters. The van der Waals surface area contributed by atoms with E-state index >= 15 is 0 Å². The molecule has 1 atom stereocenters. The highest BCUT2D eigenvalue weighted by Crippen LogP contribution is 2.18. The summed E-state index contributed by atoms with van der Waals surface area (Å²) in [7, 11) is -2.56. The zero-order chi connectivity index (χ0) is 12.7. The van der Waals surface area contributed by atoms with Crippen LogP contribution in [0.15, 0.2) is 0 Å². The molecule has 5 nitrogen and oxygen atoms in total. The number of hydrogen-bond donors (Lipinski definition) is 0. The van der Waals surface area contributed by atoms with Crippen molar-refractivity contribution in [2.45, 2.75) is 46.1 Å². The molecule has 17 heavy (non-hydrogen) atoms. The van der Waals surface area contributed by atoms with Crippen LogP contribution in [0.4, 0.5) is 0 Å². The molecule has 6 heteroatoms. The first-order valence-corrected chi connectivity index (χ1v) is 8.52. The SMILES string of the molecule is CCO[Si](C)(OCC)OC(C)C1OCCCO1. The van der Waals surface area contributed by atoms with Gasteiger partial charge < -0.3 is 22.8 Å². The van der Waals surface area contributed by atoms with Gasteiger partial charge in [0, 0.05) is 19.8 Å². The average Bonchev–Trinajstić information content (AvgIpc) is 2.30. The van der Waals surface area contributed by atoms with Crippen molar-refractivity contribution in [3.05, 3.63) is 0 Å². The molecule has 102 valence electrons. The van der Waals surface area contributed by atoms with Gasteiger partial charge in [0.15, 0.2) is 6.29 Å². The summed E-state index contributed by atoms with van der Waals surface area (Å²) in [6.07, 6.45) is 0.455. The minimum absolute atomic E-state index is 0.176. The molecule has 1 saturated heterocycles. The highest BCUT2D eigenvalue weighted by molar-refractivity contribution is 6.59. The summed E-state index contributed by atoms with van der Waals surface area (Å²) >= 11 is 0. The molecule has 0 N–H and O–H groups in total. The van der Waals surface area contributed by atoms with Crippen LogP contribution >= 0.6 is 0 Å². The van der Waals surface area contributed by atoms with Gasteiger partial charge in [0.05, 0.1) is 19.3 Å². The maximum absolute atomic E-state index is 5.90. The third-order valence-corrected chi connectivity index (χ3v) is 4.88. The second-order valence-electron chi connectivity index (χ2n) is 4.01. The zero-order valence-corrected chi connectivity index (χ0v) is 12.2. The minimum atomic E-state index is -2.56. The first-order valence-electron chi connectivity index (χ1n) is 6.30. The fraction of sp³-hybridized carbons (Fsp3) is 1.00. The lowest BCUT2D eigenvalue weighted by atomic mass is 10.3. The molecule has 0 bridgehead atoms. The van der Waals surface area contributed by atoms with Crippen LogP contribution in [0.1, 0.15) is 27.2 Å². The molecule has 0 aliphatic carbocycles. The molecule has 1 fully saturated rings. The van der Waals surface area contributed by atoms with Crippen molar-refractivity contribution in [2.24, 2.45) is 0 Å². The van der Waals surface area contributed by atoms with Gasteiger partial charge in [-0.2, -0.15) is 0 Å². The summed E-state index contributed by atoms with van der Waals surface area (Å²) in [6.45, 7) is 10.3. The Balaban J connectivity index is 2.46. The van der Waals surface area contributed by atoms with Crippen LogP contribution in [0.25, 0.3) is 0 Å². The Kier molecular flexibility index (Phi) is 6.61. The maximum Gasteiger partial charge on any atom is 0.498 e. The summed E-state index contributed by atoms with van der Waals surface area (Å²) in [5, 5.41) is 0. The lowest BCUT2D eigenvalue weighted by molar-refractivity contribution is -0.220. The van der Waals surface area contributed by atoms with Crippen molar-refractivity contribution in [2.75, 3.05) is 26.4 Å². The third-order valence-electron chi connectivity index (χ3n) is 2.45. The summed E-state index contributed by atoms with van der Waals surface area (Å²) in [6, 6.07) is 0. The second kappa shape index (κ2) is 7.45. The summed E-state index contributed by atoms with van der Waals surface area (Å²) < 4.78 is 28.1. The smallest absolute Gasteiger partial charge is 0.374 e. The number of hydrogen-bond acceptors (Lipinski definition) is 5. The van der Waals surface area contributed by atoms with E-state index in [2.05, 4.69) is 0 Å². The second-order valence-corrected chi connectivity index (χ2v) is 6.55. The molecular weight excluding hydrogens is 240 g/mol.